The number of ketones is 1. The largest absolute Gasteiger partial charge is 0.504 e. The number of rotatable bonds is 6. The maximum Gasteiger partial charge on any atom is 0.205 e. The maximum absolute atomic E-state index is 12.8. The van der Waals surface area contributed by atoms with E-state index in [4.69, 9.17) is 13.9 Å². The van der Waals surface area contributed by atoms with Gasteiger partial charge in [0.1, 0.15) is 24.8 Å². The third kappa shape index (κ3) is 3.28. The number of fused-ring (bicyclic) bond motifs is 1. The van der Waals surface area contributed by atoms with Crippen LogP contribution in [0.1, 0.15) is 22.8 Å². The van der Waals surface area contributed by atoms with Crippen LogP contribution in [0.3, 0.4) is 0 Å². The number of Topliss-reactive ketones (excluding diaryl/α,β-unsaturated/α-hetero) is 1. The lowest BCUT2D eigenvalue weighted by Crippen LogP contribution is -2.10. The van der Waals surface area contributed by atoms with Gasteiger partial charge in [-0.05, 0) is 49.7 Å². The third-order valence-corrected chi connectivity index (χ3v) is 3.87. The van der Waals surface area contributed by atoms with Crippen molar-refractivity contribution < 1.29 is 28.2 Å². The Morgan fingerprint density at radius 3 is 2.52 bits per heavy atom. The highest BCUT2D eigenvalue weighted by molar-refractivity contribution is 6.05. The van der Waals surface area contributed by atoms with Crippen molar-refractivity contribution in [1.82, 2.24) is 0 Å². The van der Waals surface area contributed by atoms with Crippen molar-refractivity contribution in [2.75, 3.05) is 13.2 Å². The number of halogens is 1. The minimum atomic E-state index is -0.342. The summed E-state index contributed by atoms with van der Waals surface area (Å²) in [6.07, 6.45) is 1.48. The molecule has 130 valence electrons. The Bertz CT molecular complexity index is 912. The molecule has 0 bridgehead atoms. The first-order valence-corrected chi connectivity index (χ1v) is 7.74. The molecule has 0 fully saturated rings. The van der Waals surface area contributed by atoms with Crippen molar-refractivity contribution in [3.05, 3.63) is 53.5 Å². The van der Waals surface area contributed by atoms with Crippen molar-refractivity contribution >= 4 is 16.8 Å². The molecule has 0 amide bonds. The number of ether oxygens (including phenoxy) is 2. The molecule has 0 saturated heterocycles. The second kappa shape index (κ2) is 6.84. The van der Waals surface area contributed by atoms with E-state index in [0.29, 0.717) is 22.3 Å². The van der Waals surface area contributed by atoms with Crippen molar-refractivity contribution in [3.63, 3.8) is 0 Å². The van der Waals surface area contributed by atoms with Crippen molar-refractivity contribution in [2.45, 2.75) is 13.8 Å². The minimum Gasteiger partial charge on any atom is -0.504 e. The lowest BCUT2D eigenvalue weighted by molar-refractivity contribution is 0.101. The van der Waals surface area contributed by atoms with Crippen LogP contribution in [0.15, 0.2) is 41.0 Å². The molecule has 1 N–H and O–H groups in total. The Hall–Kier alpha value is -3.02. The fourth-order valence-electron chi connectivity index (χ4n) is 2.71. The molecule has 0 atom stereocenters. The summed E-state index contributed by atoms with van der Waals surface area (Å²) >= 11 is 0. The Balaban J connectivity index is 1.78. The van der Waals surface area contributed by atoms with Gasteiger partial charge in [0.05, 0.1) is 11.8 Å². The average Bonchev–Trinajstić information content (AvgIpc) is 3.05. The van der Waals surface area contributed by atoms with Gasteiger partial charge in [0.15, 0.2) is 17.1 Å². The zero-order valence-electron chi connectivity index (χ0n) is 13.8. The summed E-state index contributed by atoms with van der Waals surface area (Å²) in [6.45, 7) is 3.42. The molecule has 0 spiro atoms. The number of furan rings is 1. The van der Waals surface area contributed by atoms with Gasteiger partial charge < -0.3 is 19.0 Å². The van der Waals surface area contributed by atoms with Crippen LogP contribution in [-0.4, -0.2) is 24.1 Å². The second-order valence-electron chi connectivity index (χ2n) is 5.55. The van der Waals surface area contributed by atoms with E-state index in [0.717, 1.165) is 0 Å². The van der Waals surface area contributed by atoms with Crippen molar-refractivity contribution in [3.8, 4) is 17.2 Å². The number of hydrogen-bond donors (Lipinski definition) is 1. The summed E-state index contributed by atoms with van der Waals surface area (Å²) in [5.74, 6) is -0.228. The lowest BCUT2D eigenvalue weighted by Gasteiger charge is -2.14. The maximum atomic E-state index is 12.8. The molecular weight excluding hydrogens is 327 g/mol. The first kappa shape index (κ1) is 16.8. The molecule has 6 heteroatoms. The Morgan fingerprint density at radius 2 is 1.84 bits per heavy atom. The van der Waals surface area contributed by atoms with Gasteiger partial charge in [-0.2, -0.15) is 0 Å². The number of benzene rings is 2. The second-order valence-corrected chi connectivity index (χ2v) is 5.55. The van der Waals surface area contributed by atoms with E-state index >= 15 is 0 Å². The first-order chi connectivity index (χ1) is 12.0. The van der Waals surface area contributed by atoms with Gasteiger partial charge in [-0.3, -0.25) is 4.79 Å². The fraction of sp³-hybridized carbons (Fsp3) is 0.211. The molecule has 2 aromatic carbocycles. The SMILES string of the molecule is CC(=O)c1c(O)c(OCCOc2ccc(F)cc2)c2occc2c1C. The van der Waals surface area contributed by atoms with Gasteiger partial charge in [0.2, 0.25) is 5.75 Å². The number of aromatic hydroxyl groups is 1. The molecule has 0 aliphatic carbocycles. The molecule has 3 rings (SSSR count). The molecule has 0 radical (unpaired) electrons. The number of carbonyl (C=O) groups is 1. The Labute approximate surface area is 143 Å². The smallest absolute Gasteiger partial charge is 0.205 e. The van der Waals surface area contributed by atoms with E-state index in [-0.39, 0.29) is 41.9 Å². The summed E-state index contributed by atoms with van der Waals surface area (Å²) in [5.41, 5.74) is 1.23. The summed E-state index contributed by atoms with van der Waals surface area (Å²) in [5, 5.41) is 11.1. The van der Waals surface area contributed by atoms with E-state index in [1.54, 1.807) is 13.0 Å². The van der Waals surface area contributed by atoms with Gasteiger partial charge in [-0.25, -0.2) is 4.39 Å². The number of phenols is 1. The Morgan fingerprint density at radius 1 is 1.16 bits per heavy atom. The first-order valence-electron chi connectivity index (χ1n) is 7.74. The summed E-state index contributed by atoms with van der Waals surface area (Å²) < 4.78 is 29.3. The molecule has 3 aromatic rings. The van der Waals surface area contributed by atoms with Crippen molar-refractivity contribution in [1.29, 1.82) is 0 Å². The molecule has 0 unspecified atom stereocenters. The van der Waals surface area contributed by atoms with Gasteiger partial charge in [0.25, 0.3) is 0 Å². The normalized spacial score (nSPS) is 10.8. The third-order valence-electron chi connectivity index (χ3n) is 3.87. The molecule has 0 aliphatic rings. The lowest BCUT2D eigenvalue weighted by atomic mass is 10.00. The van der Waals surface area contributed by atoms with Crippen LogP contribution in [0, 0.1) is 12.7 Å². The van der Waals surface area contributed by atoms with Crippen LogP contribution in [0.25, 0.3) is 11.0 Å². The van der Waals surface area contributed by atoms with Crippen LogP contribution >= 0.6 is 0 Å². The molecule has 25 heavy (non-hydrogen) atoms. The van der Waals surface area contributed by atoms with Crippen LogP contribution < -0.4 is 9.47 Å². The quantitative estimate of drug-likeness (QED) is 0.535. The molecule has 0 saturated carbocycles. The van der Waals surface area contributed by atoms with E-state index in [1.807, 2.05) is 0 Å². The van der Waals surface area contributed by atoms with Crippen LogP contribution in [0.5, 0.6) is 17.2 Å². The van der Waals surface area contributed by atoms with E-state index in [1.165, 1.54) is 37.5 Å². The molecule has 1 heterocycles. The zero-order valence-corrected chi connectivity index (χ0v) is 13.8. The van der Waals surface area contributed by atoms with E-state index in [9.17, 15) is 14.3 Å². The summed E-state index contributed by atoms with van der Waals surface area (Å²) in [6, 6.07) is 7.34. The van der Waals surface area contributed by atoms with Crippen molar-refractivity contribution in [2.24, 2.45) is 0 Å². The predicted molar refractivity (Wildman–Crippen MR) is 90.0 cm³/mol. The monoisotopic (exact) mass is 344 g/mol. The Kier molecular flexibility index (Phi) is 4.61. The number of phenolic OH excluding ortho intramolecular Hbond substituents is 1. The standard InChI is InChI=1S/C19H17FO5/c1-11-15-7-8-24-18(15)19(17(22)16(11)12(2)21)25-10-9-23-14-5-3-13(20)4-6-14/h3-8,22H,9-10H2,1-2H3. The number of hydrogen-bond acceptors (Lipinski definition) is 5. The van der Waals surface area contributed by atoms with Crippen LogP contribution in [-0.2, 0) is 0 Å². The molecule has 0 aliphatic heterocycles. The minimum absolute atomic E-state index is 0.110. The molecule has 1 aromatic heterocycles. The summed E-state index contributed by atoms with van der Waals surface area (Å²) in [4.78, 5) is 11.8. The van der Waals surface area contributed by atoms with E-state index in [2.05, 4.69) is 0 Å². The van der Waals surface area contributed by atoms with Gasteiger partial charge in [-0.1, -0.05) is 0 Å². The molecule has 5 nitrogen and oxygen atoms in total. The van der Waals surface area contributed by atoms with Gasteiger partial charge in [0, 0.05) is 5.39 Å². The van der Waals surface area contributed by atoms with E-state index < -0.39 is 0 Å². The average molecular weight is 344 g/mol. The highest BCUT2D eigenvalue weighted by Crippen LogP contribution is 2.41. The zero-order chi connectivity index (χ0) is 18.0. The summed E-state index contributed by atoms with van der Waals surface area (Å²) in [7, 11) is 0. The van der Waals surface area contributed by atoms with Crippen LogP contribution in [0.4, 0.5) is 4.39 Å². The topological polar surface area (TPSA) is 68.9 Å². The van der Waals surface area contributed by atoms with Gasteiger partial charge in [-0.15, -0.1) is 0 Å². The number of aryl methyl sites for hydroxylation is 1. The van der Waals surface area contributed by atoms with Gasteiger partial charge >= 0.3 is 0 Å². The molecular formula is C19H17FO5. The number of carbonyl (C=O) groups excluding carboxylic acids is 1. The highest BCUT2D eigenvalue weighted by Gasteiger charge is 2.22. The highest BCUT2D eigenvalue weighted by atomic mass is 19.1. The van der Waals surface area contributed by atoms with Crippen LogP contribution in [0.2, 0.25) is 0 Å². The fourth-order valence-corrected chi connectivity index (χ4v) is 2.71. The predicted octanol–water partition coefficient (Wildman–Crippen LogP) is 4.25.